The van der Waals surface area contributed by atoms with Crippen LogP contribution in [-0.2, 0) is 15.0 Å². The number of anilines is 1. The minimum absolute atomic E-state index is 0.182. The zero-order chi connectivity index (χ0) is 14.2. The van der Waals surface area contributed by atoms with Crippen LogP contribution in [0.4, 0.5) is 9.57 Å². The smallest absolute Gasteiger partial charge is 0.307 e. The Bertz CT molecular complexity index is 614. The zero-order valence-electron chi connectivity index (χ0n) is 10.6. The van der Waals surface area contributed by atoms with Gasteiger partial charge in [0.2, 0.25) is 5.91 Å². The number of rotatable bonds is 3. The van der Waals surface area contributed by atoms with Crippen molar-refractivity contribution >= 4 is 21.8 Å². The maximum Gasteiger partial charge on any atom is 0.307 e. The molecule has 2 rings (SSSR count). The fraction of sp³-hybridized carbons (Fsp3) is 0.417. The van der Waals surface area contributed by atoms with E-state index in [0.717, 1.165) is 5.56 Å². The van der Waals surface area contributed by atoms with Crippen LogP contribution >= 0.6 is 0 Å². The Morgan fingerprint density at radius 1 is 1.42 bits per heavy atom. The summed E-state index contributed by atoms with van der Waals surface area (Å²) in [7, 11) is -3.25. The van der Waals surface area contributed by atoms with Gasteiger partial charge in [-0.2, -0.15) is 8.42 Å². The Balaban J connectivity index is 2.41. The highest BCUT2D eigenvalue weighted by Crippen LogP contribution is 2.35. The molecule has 1 aromatic carbocycles. The largest absolute Gasteiger partial charge is 0.495 e. The highest BCUT2D eigenvalue weighted by atomic mass is 32.3. The van der Waals surface area contributed by atoms with Crippen molar-refractivity contribution in [2.75, 3.05) is 18.6 Å². The minimum atomic E-state index is -4.71. The molecular formula is C12H14FNO4S. The zero-order valence-corrected chi connectivity index (χ0v) is 11.4. The van der Waals surface area contributed by atoms with E-state index in [4.69, 9.17) is 4.74 Å². The lowest BCUT2D eigenvalue weighted by atomic mass is 10.1. The number of para-hydroxylation sites is 1. The van der Waals surface area contributed by atoms with E-state index in [1.165, 1.54) is 12.0 Å². The number of hydrogen-bond acceptors (Lipinski definition) is 4. The van der Waals surface area contributed by atoms with E-state index in [9.17, 15) is 17.1 Å². The summed E-state index contributed by atoms with van der Waals surface area (Å²) in [6.07, 6.45) is -0.337. The van der Waals surface area contributed by atoms with Crippen LogP contribution in [0.1, 0.15) is 12.0 Å². The van der Waals surface area contributed by atoms with Gasteiger partial charge < -0.3 is 9.64 Å². The maximum atomic E-state index is 13.0. The molecule has 19 heavy (non-hydrogen) atoms. The first-order chi connectivity index (χ1) is 8.84. The van der Waals surface area contributed by atoms with E-state index in [1.54, 1.807) is 25.1 Å². The highest BCUT2D eigenvalue weighted by Gasteiger charge is 2.40. The normalized spacial score (nSPS) is 19.8. The monoisotopic (exact) mass is 287 g/mol. The molecule has 1 saturated heterocycles. The number of hydrogen-bond donors (Lipinski definition) is 0. The average molecular weight is 287 g/mol. The van der Waals surface area contributed by atoms with Crippen molar-refractivity contribution in [3.8, 4) is 5.75 Å². The van der Waals surface area contributed by atoms with Crippen LogP contribution in [-0.4, -0.2) is 33.2 Å². The summed E-state index contributed by atoms with van der Waals surface area (Å²) in [6, 6.07) is 5.22. The van der Waals surface area contributed by atoms with Gasteiger partial charge in [0.25, 0.3) is 0 Å². The molecule has 5 nitrogen and oxygen atoms in total. The minimum Gasteiger partial charge on any atom is -0.495 e. The number of benzene rings is 1. The lowest BCUT2D eigenvalue weighted by Crippen LogP contribution is -2.28. The topological polar surface area (TPSA) is 63.7 Å². The van der Waals surface area contributed by atoms with E-state index in [0.29, 0.717) is 11.4 Å². The van der Waals surface area contributed by atoms with Gasteiger partial charge in [0.15, 0.2) is 0 Å². The predicted molar refractivity (Wildman–Crippen MR) is 68.5 cm³/mol. The molecule has 1 aromatic rings. The third-order valence-electron chi connectivity index (χ3n) is 3.18. The Kier molecular flexibility index (Phi) is 3.49. The molecule has 7 heteroatoms. The van der Waals surface area contributed by atoms with Crippen LogP contribution in [0.2, 0.25) is 0 Å². The molecule has 0 bridgehead atoms. The Morgan fingerprint density at radius 2 is 2.11 bits per heavy atom. The van der Waals surface area contributed by atoms with Crippen molar-refractivity contribution in [3.63, 3.8) is 0 Å². The van der Waals surface area contributed by atoms with Crippen LogP contribution in [0, 0.1) is 6.92 Å². The molecule has 1 unspecified atom stereocenters. The molecule has 1 amide bonds. The molecule has 1 fully saturated rings. The van der Waals surface area contributed by atoms with E-state index < -0.39 is 21.4 Å². The number of carbonyl (C=O) groups is 1. The Labute approximate surface area is 111 Å². The first kappa shape index (κ1) is 13.8. The van der Waals surface area contributed by atoms with Crippen molar-refractivity contribution in [1.82, 2.24) is 0 Å². The van der Waals surface area contributed by atoms with Crippen molar-refractivity contribution in [2.24, 2.45) is 0 Å². The number of amides is 1. The third-order valence-corrected chi connectivity index (χ3v) is 4.29. The second-order valence-corrected chi connectivity index (χ2v) is 6.05. The number of carbonyl (C=O) groups excluding carboxylic acids is 1. The molecule has 0 radical (unpaired) electrons. The molecule has 0 saturated carbocycles. The van der Waals surface area contributed by atoms with Crippen molar-refractivity contribution in [3.05, 3.63) is 23.8 Å². The quantitative estimate of drug-likeness (QED) is 0.788. The number of methoxy groups -OCH3 is 1. The highest BCUT2D eigenvalue weighted by molar-refractivity contribution is 7.87. The SMILES string of the molecule is COc1cccc(C)c1N1CC(S(=O)(=O)F)CC1=O. The first-order valence-corrected chi connectivity index (χ1v) is 7.16. The second kappa shape index (κ2) is 4.80. The second-order valence-electron chi connectivity index (χ2n) is 4.43. The van der Waals surface area contributed by atoms with Gasteiger partial charge in [-0.1, -0.05) is 12.1 Å². The van der Waals surface area contributed by atoms with Crippen molar-refractivity contribution in [2.45, 2.75) is 18.6 Å². The number of aryl methyl sites for hydroxylation is 1. The lowest BCUT2D eigenvalue weighted by Gasteiger charge is -2.21. The lowest BCUT2D eigenvalue weighted by molar-refractivity contribution is -0.117. The van der Waals surface area contributed by atoms with E-state index >= 15 is 0 Å². The fourth-order valence-electron chi connectivity index (χ4n) is 2.22. The van der Waals surface area contributed by atoms with Crippen LogP contribution in [0.3, 0.4) is 0 Å². The fourth-order valence-corrected chi connectivity index (χ4v) is 2.89. The molecule has 0 aliphatic carbocycles. The molecular weight excluding hydrogens is 273 g/mol. The molecule has 1 heterocycles. The van der Waals surface area contributed by atoms with Gasteiger partial charge in [0.1, 0.15) is 11.0 Å². The van der Waals surface area contributed by atoms with Gasteiger partial charge in [0, 0.05) is 13.0 Å². The number of ether oxygens (including phenoxy) is 1. The third kappa shape index (κ3) is 2.56. The summed E-state index contributed by atoms with van der Waals surface area (Å²) >= 11 is 0. The van der Waals surface area contributed by atoms with Gasteiger partial charge in [0.05, 0.1) is 12.8 Å². The van der Waals surface area contributed by atoms with Gasteiger partial charge in [-0.25, -0.2) is 0 Å². The summed E-state index contributed by atoms with van der Waals surface area (Å²) < 4.78 is 40.0. The van der Waals surface area contributed by atoms with Crippen LogP contribution < -0.4 is 9.64 Å². The summed E-state index contributed by atoms with van der Waals surface area (Å²) in [6.45, 7) is 1.60. The molecule has 1 aliphatic rings. The molecule has 1 atom stereocenters. The predicted octanol–water partition coefficient (Wildman–Crippen LogP) is 1.41. The summed E-state index contributed by atoms with van der Waals surface area (Å²) in [5.74, 6) is 0.0454. The Morgan fingerprint density at radius 3 is 2.63 bits per heavy atom. The first-order valence-electron chi connectivity index (χ1n) is 5.72. The summed E-state index contributed by atoms with van der Waals surface area (Å²) in [5, 5.41) is -1.30. The molecule has 1 aliphatic heterocycles. The van der Waals surface area contributed by atoms with E-state index in [-0.39, 0.29) is 13.0 Å². The molecule has 0 spiro atoms. The van der Waals surface area contributed by atoms with E-state index in [2.05, 4.69) is 0 Å². The van der Waals surface area contributed by atoms with E-state index in [1.807, 2.05) is 0 Å². The number of nitrogens with zero attached hydrogens (tertiary/aromatic N) is 1. The molecule has 0 aromatic heterocycles. The van der Waals surface area contributed by atoms with Gasteiger partial charge in [-0.3, -0.25) is 4.79 Å². The maximum absolute atomic E-state index is 13.0. The average Bonchev–Trinajstić information content (AvgIpc) is 2.70. The Hall–Kier alpha value is -1.63. The summed E-state index contributed by atoms with van der Waals surface area (Å²) in [5.41, 5.74) is 1.27. The van der Waals surface area contributed by atoms with Crippen LogP contribution in [0.5, 0.6) is 5.75 Å². The van der Waals surface area contributed by atoms with Crippen molar-refractivity contribution in [1.29, 1.82) is 0 Å². The molecule has 104 valence electrons. The standard InChI is InChI=1S/C12H14FNO4S/c1-8-4-3-5-10(18-2)12(8)14-7-9(6-11(14)15)19(13,16)17/h3-5,9H,6-7H2,1-2H3. The van der Waals surface area contributed by atoms with Gasteiger partial charge >= 0.3 is 10.2 Å². The van der Waals surface area contributed by atoms with Crippen LogP contribution in [0.15, 0.2) is 18.2 Å². The van der Waals surface area contributed by atoms with Crippen molar-refractivity contribution < 1.29 is 21.8 Å². The molecule has 0 N–H and O–H groups in total. The van der Waals surface area contributed by atoms with Gasteiger partial charge in [-0.15, -0.1) is 3.89 Å². The van der Waals surface area contributed by atoms with Crippen LogP contribution in [0.25, 0.3) is 0 Å². The van der Waals surface area contributed by atoms with Gasteiger partial charge in [-0.05, 0) is 18.6 Å². The number of halogens is 1. The summed E-state index contributed by atoms with van der Waals surface area (Å²) in [4.78, 5) is 13.2.